The van der Waals surface area contributed by atoms with Crippen LogP contribution in [0.25, 0.3) is 0 Å². The summed E-state index contributed by atoms with van der Waals surface area (Å²) in [5, 5.41) is 15.4. The smallest absolute Gasteiger partial charge is 0.414 e. The van der Waals surface area contributed by atoms with Crippen molar-refractivity contribution in [2.24, 2.45) is 0 Å². The van der Waals surface area contributed by atoms with Gasteiger partial charge >= 0.3 is 11.9 Å². The van der Waals surface area contributed by atoms with Crippen LogP contribution in [0.2, 0.25) is 10.0 Å². The molecule has 34 heavy (non-hydrogen) atoms. The van der Waals surface area contributed by atoms with Crippen LogP contribution in [-0.2, 0) is 26.2 Å². The number of aliphatic carboxylic acids is 2. The zero-order valence-corrected chi connectivity index (χ0v) is 20.3. The Hall–Kier alpha value is -2.73. The minimum absolute atomic E-state index is 0.0610. The molecule has 0 bridgehead atoms. The van der Waals surface area contributed by atoms with Crippen molar-refractivity contribution in [3.63, 3.8) is 0 Å². The molecule has 1 aliphatic rings. The number of amides is 1. The van der Waals surface area contributed by atoms with Crippen LogP contribution in [0.1, 0.15) is 28.8 Å². The molecule has 0 aliphatic carbocycles. The first-order valence-corrected chi connectivity index (χ1v) is 12.4. The monoisotopic (exact) mass is 531 g/mol. The fourth-order valence-corrected chi connectivity index (χ4v) is 5.13. The average Bonchev–Trinajstić information content (AvgIpc) is 3.33. The lowest BCUT2D eigenvalue weighted by Gasteiger charge is -2.25. The second-order valence-corrected chi connectivity index (χ2v) is 10.2. The number of sulfonamides is 1. The molecule has 1 aromatic heterocycles. The maximum atomic E-state index is 13.1. The van der Waals surface area contributed by atoms with E-state index in [4.69, 9.17) is 43.0 Å². The SMILES string of the molecule is O=C(O)C(=O)O.O=C(c1ccc(Cl)cc1Cl)N(CCS(=O)(=O)N1CCCC1)Cc1cccnc1. The van der Waals surface area contributed by atoms with E-state index in [1.165, 1.54) is 15.3 Å². The maximum Gasteiger partial charge on any atom is 0.414 e. The number of carboxylic acid groups (broad SMARTS) is 2. The van der Waals surface area contributed by atoms with Crippen LogP contribution in [0.4, 0.5) is 0 Å². The summed E-state index contributed by atoms with van der Waals surface area (Å²) in [4.78, 5) is 36.8. The highest BCUT2D eigenvalue weighted by Gasteiger charge is 2.27. The molecule has 2 heterocycles. The van der Waals surface area contributed by atoms with Gasteiger partial charge in [0.1, 0.15) is 0 Å². The number of halogens is 2. The van der Waals surface area contributed by atoms with E-state index in [0.29, 0.717) is 18.1 Å². The van der Waals surface area contributed by atoms with Crippen LogP contribution in [0.15, 0.2) is 42.7 Å². The topological polar surface area (TPSA) is 145 Å². The zero-order valence-electron chi connectivity index (χ0n) is 17.9. The molecule has 0 spiro atoms. The van der Waals surface area contributed by atoms with Crippen molar-refractivity contribution in [1.82, 2.24) is 14.2 Å². The second-order valence-electron chi connectivity index (χ2n) is 7.24. The number of carbonyl (C=O) groups excluding carboxylic acids is 1. The van der Waals surface area contributed by atoms with Gasteiger partial charge in [-0.25, -0.2) is 22.3 Å². The summed E-state index contributed by atoms with van der Waals surface area (Å²) in [5.41, 5.74) is 1.09. The lowest BCUT2D eigenvalue weighted by atomic mass is 10.1. The van der Waals surface area contributed by atoms with Gasteiger partial charge in [-0.15, -0.1) is 0 Å². The van der Waals surface area contributed by atoms with E-state index in [1.54, 1.807) is 30.6 Å². The van der Waals surface area contributed by atoms with Crippen LogP contribution in [0.5, 0.6) is 0 Å². The summed E-state index contributed by atoms with van der Waals surface area (Å²) in [5.74, 6) is -4.13. The Morgan fingerprint density at radius 3 is 2.24 bits per heavy atom. The van der Waals surface area contributed by atoms with Crippen molar-refractivity contribution in [2.45, 2.75) is 19.4 Å². The number of hydrogen-bond acceptors (Lipinski definition) is 6. The maximum absolute atomic E-state index is 13.1. The molecule has 1 aromatic carbocycles. The summed E-state index contributed by atoms with van der Waals surface area (Å²) in [6, 6.07) is 8.25. The summed E-state index contributed by atoms with van der Waals surface area (Å²) < 4.78 is 26.7. The molecule has 1 saturated heterocycles. The molecule has 1 amide bonds. The first kappa shape index (κ1) is 27.5. The van der Waals surface area contributed by atoms with Crippen molar-refractivity contribution in [1.29, 1.82) is 0 Å². The molecule has 13 heteroatoms. The van der Waals surface area contributed by atoms with E-state index < -0.39 is 22.0 Å². The van der Waals surface area contributed by atoms with Gasteiger partial charge in [-0.05, 0) is 42.7 Å². The predicted octanol–water partition coefficient (Wildman–Crippen LogP) is 2.61. The first-order chi connectivity index (χ1) is 16.0. The Kier molecular flexibility index (Phi) is 10.2. The molecule has 0 saturated carbocycles. The number of nitrogens with zero attached hydrogens (tertiary/aromatic N) is 3. The van der Waals surface area contributed by atoms with Gasteiger partial charge in [-0.1, -0.05) is 29.3 Å². The Morgan fingerprint density at radius 2 is 1.71 bits per heavy atom. The summed E-state index contributed by atoms with van der Waals surface area (Å²) in [6.07, 6.45) is 5.04. The van der Waals surface area contributed by atoms with E-state index in [1.807, 2.05) is 6.07 Å². The average molecular weight is 532 g/mol. The molecular weight excluding hydrogens is 509 g/mol. The molecule has 0 atom stereocenters. The van der Waals surface area contributed by atoms with Crippen LogP contribution >= 0.6 is 23.2 Å². The minimum Gasteiger partial charge on any atom is -0.473 e. The lowest BCUT2D eigenvalue weighted by molar-refractivity contribution is -0.159. The lowest BCUT2D eigenvalue weighted by Crippen LogP contribution is -2.39. The van der Waals surface area contributed by atoms with E-state index in [2.05, 4.69) is 4.98 Å². The van der Waals surface area contributed by atoms with E-state index in [0.717, 1.165) is 18.4 Å². The molecule has 1 fully saturated rings. The van der Waals surface area contributed by atoms with Crippen LogP contribution in [-0.4, -0.2) is 76.1 Å². The highest BCUT2D eigenvalue weighted by molar-refractivity contribution is 7.89. The van der Waals surface area contributed by atoms with Crippen LogP contribution in [0.3, 0.4) is 0 Å². The summed E-state index contributed by atoms with van der Waals surface area (Å²) >= 11 is 12.1. The van der Waals surface area contributed by atoms with Crippen molar-refractivity contribution >= 4 is 51.1 Å². The third-order valence-electron chi connectivity index (χ3n) is 4.81. The fraction of sp³-hybridized carbons (Fsp3) is 0.333. The molecule has 184 valence electrons. The number of aromatic nitrogens is 1. The number of hydrogen-bond donors (Lipinski definition) is 2. The third-order valence-corrected chi connectivity index (χ3v) is 7.20. The molecular formula is C21H23Cl2N3O7S. The highest BCUT2D eigenvalue weighted by Crippen LogP contribution is 2.23. The Labute approximate surface area is 206 Å². The van der Waals surface area contributed by atoms with Crippen molar-refractivity contribution in [3.05, 3.63) is 63.9 Å². The molecule has 2 aromatic rings. The summed E-state index contributed by atoms with van der Waals surface area (Å²) in [7, 11) is -3.41. The van der Waals surface area contributed by atoms with Crippen molar-refractivity contribution < 1.29 is 33.0 Å². The van der Waals surface area contributed by atoms with Gasteiger partial charge < -0.3 is 15.1 Å². The fourth-order valence-electron chi connectivity index (χ4n) is 3.12. The number of rotatable bonds is 7. The Balaban J connectivity index is 0.000000604. The minimum atomic E-state index is -3.41. The highest BCUT2D eigenvalue weighted by atomic mass is 35.5. The Morgan fingerprint density at radius 1 is 1.06 bits per heavy atom. The number of benzene rings is 1. The zero-order chi connectivity index (χ0) is 25.3. The van der Waals surface area contributed by atoms with Gasteiger partial charge in [0, 0.05) is 43.6 Å². The normalized spacial score (nSPS) is 13.6. The number of pyridine rings is 1. The molecule has 2 N–H and O–H groups in total. The molecule has 3 rings (SSSR count). The van der Waals surface area contributed by atoms with Crippen molar-refractivity contribution in [2.75, 3.05) is 25.4 Å². The van der Waals surface area contributed by atoms with Crippen molar-refractivity contribution in [3.8, 4) is 0 Å². The number of carbonyl (C=O) groups is 3. The van der Waals surface area contributed by atoms with Crippen LogP contribution < -0.4 is 0 Å². The van der Waals surface area contributed by atoms with E-state index >= 15 is 0 Å². The third kappa shape index (κ3) is 8.24. The quantitative estimate of drug-likeness (QED) is 0.518. The predicted molar refractivity (Wildman–Crippen MR) is 125 cm³/mol. The number of carboxylic acids is 2. The van der Waals surface area contributed by atoms with Crippen LogP contribution in [0, 0.1) is 0 Å². The first-order valence-electron chi connectivity index (χ1n) is 10.1. The summed E-state index contributed by atoms with van der Waals surface area (Å²) in [6.45, 7) is 1.39. The Bertz CT molecular complexity index is 1110. The van der Waals surface area contributed by atoms with Gasteiger partial charge in [-0.3, -0.25) is 9.78 Å². The standard InChI is InChI=1S/C19H21Cl2N3O3S.C2H2O4/c20-16-5-6-17(18(21)12-16)19(25)23(14-15-4-3-7-22-13-15)10-11-28(26,27)24-8-1-2-9-24;3-1(4)2(5)6/h3-7,12-13H,1-2,8-11,14H2;(H,3,4)(H,5,6). The largest absolute Gasteiger partial charge is 0.473 e. The van der Waals surface area contributed by atoms with Gasteiger partial charge in [0.2, 0.25) is 10.0 Å². The van der Waals surface area contributed by atoms with Gasteiger partial charge in [0.25, 0.3) is 5.91 Å². The van der Waals surface area contributed by atoms with Gasteiger partial charge in [0.05, 0.1) is 16.3 Å². The van der Waals surface area contributed by atoms with E-state index in [-0.39, 0.29) is 35.3 Å². The molecule has 0 unspecified atom stereocenters. The second kappa shape index (κ2) is 12.7. The van der Waals surface area contributed by atoms with Gasteiger partial charge in [-0.2, -0.15) is 0 Å². The van der Waals surface area contributed by atoms with E-state index in [9.17, 15) is 13.2 Å². The molecule has 0 radical (unpaired) electrons. The molecule has 1 aliphatic heterocycles. The van der Waals surface area contributed by atoms with Gasteiger partial charge in [0.15, 0.2) is 0 Å². The molecule has 10 nitrogen and oxygen atoms in total.